The van der Waals surface area contributed by atoms with E-state index >= 15 is 0 Å². The Morgan fingerprint density at radius 3 is 2.39 bits per heavy atom. The van der Waals surface area contributed by atoms with E-state index in [9.17, 15) is 4.79 Å². The number of methoxy groups -OCH3 is 1. The maximum Gasteiger partial charge on any atom is 0.223 e. The van der Waals surface area contributed by atoms with Crippen molar-refractivity contribution in [3.8, 4) is 0 Å². The zero-order chi connectivity index (χ0) is 13.2. The molecule has 1 aliphatic rings. The van der Waals surface area contributed by atoms with Gasteiger partial charge in [0.05, 0.1) is 6.61 Å². The Kier molecular flexibility index (Phi) is 3.71. The van der Waals surface area contributed by atoms with Gasteiger partial charge in [-0.1, -0.05) is 38.1 Å². The summed E-state index contributed by atoms with van der Waals surface area (Å²) in [6, 6.07) is 8.14. The minimum absolute atomic E-state index is 0.181. The van der Waals surface area contributed by atoms with Gasteiger partial charge in [0.25, 0.3) is 0 Å². The second-order valence-corrected chi connectivity index (χ2v) is 5.71. The molecule has 0 bridgehead atoms. The summed E-state index contributed by atoms with van der Waals surface area (Å²) in [5.41, 5.74) is 2.48. The van der Waals surface area contributed by atoms with Crippen molar-refractivity contribution in [2.45, 2.75) is 33.4 Å². The number of rotatable bonds is 5. The van der Waals surface area contributed by atoms with Crippen LogP contribution in [0.5, 0.6) is 0 Å². The highest BCUT2D eigenvalue weighted by Gasteiger charge is 2.50. The fraction of sp³-hybridized carbons (Fsp3) is 0.533. The smallest absolute Gasteiger partial charge is 0.223 e. The van der Waals surface area contributed by atoms with Gasteiger partial charge in [-0.2, -0.15) is 0 Å². The molecular formula is C15H21NO2. The molecule has 98 valence electrons. The summed E-state index contributed by atoms with van der Waals surface area (Å²) in [7, 11) is 1.69. The maximum atomic E-state index is 11.8. The fourth-order valence-electron chi connectivity index (χ4n) is 2.15. The summed E-state index contributed by atoms with van der Waals surface area (Å²) in [4.78, 5) is 11.8. The lowest BCUT2D eigenvalue weighted by Crippen LogP contribution is -2.25. The van der Waals surface area contributed by atoms with Crippen molar-refractivity contribution in [1.82, 2.24) is 5.32 Å². The zero-order valence-corrected chi connectivity index (χ0v) is 11.3. The number of benzene rings is 1. The predicted molar refractivity (Wildman–Crippen MR) is 70.9 cm³/mol. The largest absolute Gasteiger partial charge is 0.380 e. The highest BCUT2D eigenvalue weighted by molar-refractivity contribution is 5.82. The molecule has 0 radical (unpaired) electrons. The van der Waals surface area contributed by atoms with E-state index in [0.717, 1.165) is 17.5 Å². The number of carbonyl (C=O) groups is 1. The number of nitrogens with one attached hydrogen (secondary N) is 1. The van der Waals surface area contributed by atoms with Crippen molar-refractivity contribution in [3.05, 3.63) is 35.4 Å². The molecular weight excluding hydrogens is 226 g/mol. The SMILES string of the molecule is COCc1ccc(CNC(=O)[C@H]2CC2(C)C)cc1. The van der Waals surface area contributed by atoms with Crippen LogP contribution in [-0.4, -0.2) is 13.0 Å². The minimum atomic E-state index is 0.181. The molecule has 1 aliphatic carbocycles. The number of hydrogen-bond acceptors (Lipinski definition) is 2. The average molecular weight is 247 g/mol. The van der Waals surface area contributed by atoms with Gasteiger partial charge in [0.15, 0.2) is 0 Å². The Balaban J connectivity index is 1.81. The van der Waals surface area contributed by atoms with E-state index in [-0.39, 0.29) is 17.2 Å². The number of hydrogen-bond donors (Lipinski definition) is 1. The molecule has 1 aromatic rings. The molecule has 0 saturated heterocycles. The summed E-state index contributed by atoms with van der Waals surface area (Å²) in [6.45, 7) is 5.51. The van der Waals surface area contributed by atoms with E-state index < -0.39 is 0 Å². The summed E-state index contributed by atoms with van der Waals surface area (Å²) < 4.78 is 5.06. The minimum Gasteiger partial charge on any atom is -0.380 e. The summed E-state index contributed by atoms with van der Waals surface area (Å²) in [5.74, 6) is 0.381. The maximum absolute atomic E-state index is 11.8. The standard InChI is InChI=1S/C15H21NO2/c1-15(2)8-13(15)14(17)16-9-11-4-6-12(7-5-11)10-18-3/h4-7,13H,8-10H2,1-3H3,(H,16,17)/t13-/m1/s1. The van der Waals surface area contributed by atoms with Crippen LogP contribution < -0.4 is 5.32 Å². The first-order valence-corrected chi connectivity index (χ1v) is 6.37. The highest BCUT2D eigenvalue weighted by Crippen LogP contribution is 2.51. The van der Waals surface area contributed by atoms with Crippen LogP contribution in [0.1, 0.15) is 31.4 Å². The molecule has 1 N–H and O–H groups in total. The summed E-state index contributed by atoms with van der Waals surface area (Å²) in [6.07, 6.45) is 1.01. The second-order valence-electron chi connectivity index (χ2n) is 5.71. The third-order valence-corrected chi connectivity index (χ3v) is 3.63. The van der Waals surface area contributed by atoms with Crippen LogP contribution in [0.15, 0.2) is 24.3 Å². The normalized spacial score (nSPS) is 20.5. The van der Waals surface area contributed by atoms with Gasteiger partial charge in [-0.3, -0.25) is 4.79 Å². The molecule has 1 amide bonds. The fourth-order valence-corrected chi connectivity index (χ4v) is 2.15. The van der Waals surface area contributed by atoms with Gasteiger partial charge < -0.3 is 10.1 Å². The van der Waals surface area contributed by atoms with Crippen LogP contribution in [0.4, 0.5) is 0 Å². The van der Waals surface area contributed by atoms with Gasteiger partial charge in [0, 0.05) is 19.6 Å². The van der Waals surface area contributed by atoms with E-state index in [1.807, 2.05) is 24.3 Å². The lowest BCUT2D eigenvalue weighted by Gasteiger charge is -2.07. The van der Waals surface area contributed by atoms with Crippen LogP contribution in [0.2, 0.25) is 0 Å². The predicted octanol–water partition coefficient (Wildman–Crippen LogP) is 2.50. The highest BCUT2D eigenvalue weighted by atomic mass is 16.5. The average Bonchev–Trinajstić information content (AvgIpc) is 2.98. The van der Waals surface area contributed by atoms with Crippen molar-refractivity contribution in [1.29, 1.82) is 0 Å². The van der Waals surface area contributed by atoms with Crippen molar-refractivity contribution < 1.29 is 9.53 Å². The van der Waals surface area contributed by atoms with E-state index in [2.05, 4.69) is 19.2 Å². The van der Waals surface area contributed by atoms with Crippen molar-refractivity contribution in [3.63, 3.8) is 0 Å². The van der Waals surface area contributed by atoms with E-state index in [0.29, 0.717) is 13.2 Å². The first-order chi connectivity index (χ1) is 8.53. The van der Waals surface area contributed by atoms with Crippen LogP contribution in [0, 0.1) is 11.3 Å². The molecule has 0 unspecified atom stereocenters. The van der Waals surface area contributed by atoms with Crippen molar-refractivity contribution in [2.75, 3.05) is 7.11 Å². The quantitative estimate of drug-likeness (QED) is 0.868. The van der Waals surface area contributed by atoms with Crippen molar-refractivity contribution >= 4 is 5.91 Å². The van der Waals surface area contributed by atoms with Crippen molar-refractivity contribution in [2.24, 2.45) is 11.3 Å². The molecule has 3 nitrogen and oxygen atoms in total. The second kappa shape index (κ2) is 5.11. The third-order valence-electron chi connectivity index (χ3n) is 3.63. The van der Waals surface area contributed by atoms with Crippen LogP contribution in [0.25, 0.3) is 0 Å². The molecule has 0 aliphatic heterocycles. The molecule has 1 saturated carbocycles. The molecule has 0 aromatic heterocycles. The van der Waals surface area contributed by atoms with E-state index in [4.69, 9.17) is 4.74 Å². The number of amides is 1. The van der Waals surface area contributed by atoms with Crippen LogP contribution in [-0.2, 0) is 22.7 Å². The molecule has 18 heavy (non-hydrogen) atoms. The van der Waals surface area contributed by atoms with Gasteiger partial charge in [0.2, 0.25) is 5.91 Å². The Morgan fingerprint density at radius 2 is 1.89 bits per heavy atom. The Hall–Kier alpha value is -1.35. The lowest BCUT2D eigenvalue weighted by atomic mass is 10.1. The molecule has 1 aromatic carbocycles. The van der Waals surface area contributed by atoms with Gasteiger partial charge >= 0.3 is 0 Å². The van der Waals surface area contributed by atoms with E-state index in [1.54, 1.807) is 7.11 Å². The Labute approximate surface area is 109 Å². The third kappa shape index (κ3) is 3.10. The molecule has 1 atom stereocenters. The first kappa shape index (κ1) is 13.1. The van der Waals surface area contributed by atoms with Crippen LogP contribution >= 0.6 is 0 Å². The summed E-state index contributed by atoms with van der Waals surface area (Å²) >= 11 is 0. The van der Waals surface area contributed by atoms with Gasteiger partial charge in [-0.15, -0.1) is 0 Å². The Morgan fingerprint density at radius 1 is 1.33 bits per heavy atom. The van der Waals surface area contributed by atoms with Gasteiger partial charge in [-0.05, 0) is 23.0 Å². The molecule has 0 spiro atoms. The number of carbonyl (C=O) groups excluding carboxylic acids is 1. The molecule has 2 rings (SSSR count). The monoisotopic (exact) mass is 247 g/mol. The summed E-state index contributed by atoms with van der Waals surface area (Å²) in [5, 5.41) is 3.00. The zero-order valence-electron chi connectivity index (χ0n) is 11.3. The number of ether oxygens (including phenoxy) is 1. The van der Waals surface area contributed by atoms with Crippen LogP contribution in [0.3, 0.4) is 0 Å². The lowest BCUT2D eigenvalue weighted by molar-refractivity contribution is -0.123. The van der Waals surface area contributed by atoms with Gasteiger partial charge in [-0.25, -0.2) is 0 Å². The van der Waals surface area contributed by atoms with E-state index in [1.165, 1.54) is 0 Å². The molecule has 3 heteroatoms. The molecule has 0 heterocycles. The van der Waals surface area contributed by atoms with Gasteiger partial charge in [0.1, 0.15) is 0 Å². The Bertz CT molecular complexity index is 423. The topological polar surface area (TPSA) is 38.3 Å². The molecule has 1 fully saturated rings. The first-order valence-electron chi connectivity index (χ1n) is 6.37.